The van der Waals surface area contributed by atoms with Crippen LogP contribution in [0.15, 0.2) is 36.4 Å². The number of hydrogen-bond donors (Lipinski definition) is 4. The van der Waals surface area contributed by atoms with Crippen LogP contribution in [0.2, 0.25) is 0 Å². The largest absolute Gasteiger partial charge is 0.492 e. The van der Waals surface area contributed by atoms with Crippen molar-refractivity contribution in [2.45, 2.75) is 51.9 Å². The molecule has 1 atom stereocenters. The minimum absolute atomic E-state index is 0.0637. The van der Waals surface area contributed by atoms with Crippen LogP contribution in [0.5, 0.6) is 11.8 Å². The van der Waals surface area contributed by atoms with E-state index in [0.717, 1.165) is 11.6 Å². The monoisotopic (exact) mass is 463 g/mol. The lowest BCUT2D eigenvalue weighted by molar-refractivity contribution is -0.148. The van der Waals surface area contributed by atoms with E-state index in [1.807, 2.05) is 6.07 Å². The first-order valence-electron chi connectivity index (χ1n) is 10.3. The zero-order chi connectivity index (χ0) is 24.6. The number of esters is 1. The van der Waals surface area contributed by atoms with Gasteiger partial charge in [-0.1, -0.05) is 30.3 Å². The van der Waals surface area contributed by atoms with Crippen molar-refractivity contribution < 1.29 is 38.9 Å². The van der Waals surface area contributed by atoms with Crippen LogP contribution in [0, 0.1) is 0 Å². The second kappa shape index (κ2) is 11.2. The van der Waals surface area contributed by atoms with Gasteiger partial charge >= 0.3 is 18.0 Å². The van der Waals surface area contributed by atoms with E-state index in [1.165, 1.54) is 0 Å². The summed E-state index contributed by atoms with van der Waals surface area (Å²) in [6.45, 7) is 5.17. The van der Waals surface area contributed by atoms with Crippen molar-refractivity contribution in [2.75, 3.05) is 6.54 Å². The van der Waals surface area contributed by atoms with Gasteiger partial charge in [0.2, 0.25) is 11.8 Å². The maximum atomic E-state index is 12.6. The van der Waals surface area contributed by atoms with E-state index >= 15 is 0 Å². The van der Waals surface area contributed by atoms with Crippen molar-refractivity contribution in [3.05, 3.63) is 47.5 Å². The molecule has 0 fully saturated rings. The Morgan fingerprint density at radius 2 is 1.82 bits per heavy atom. The van der Waals surface area contributed by atoms with Gasteiger partial charge in [-0.15, -0.1) is 4.73 Å². The molecule has 1 amide bonds. The van der Waals surface area contributed by atoms with Gasteiger partial charge in [-0.2, -0.15) is 0 Å². The van der Waals surface area contributed by atoms with Gasteiger partial charge in [0, 0.05) is 6.07 Å². The van der Waals surface area contributed by atoms with Gasteiger partial charge in [0.25, 0.3) is 0 Å². The van der Waals surface area contributed by atoms with E-state index in [1.54, 1.807) is 45.0 Å². The topological polar surface area (TPSA) is 162 Å². The number of alkyl carbamates (subject to hydrolysis) is 1. The molecular weight excluding hydrogens is 434 g/mol. The number of carbonyl (C=O) groups is 3. The molecule has 2 rings (SSSR count). The summed E-state index contributed by atoms with van der Waals surface area (Å²) in [6.07, 6.45) is -0.368. The number of aromatic nitrogens is 1. The lowest BCUT2D eigenvalue weighted by Gasteiger charge is -2.22. The first-order valence-corrected chi connectivity index (χ1v) is 10.3. The van der Waals surface area contributed by atoms with Crippen molar-refractivity contribution >= 4 is 18.0 Å². The van der Waals surface area contributed by atoms with Crippen LogP contribution in [-0.4, -0.2) is 51.2 Å². The van der Waals surface area contributed by atoms with Gasteiger partial charge in [-0.05, 0) is 45.7 Å². The highest BCUT2D eigenvalue weighted by atomic mass is 16.7. The maximum Gasteiger partial charge on any atom is 0.408 e. The minimum atomic E-state index is -1.18. The Balaban J connectivity index is 2.10. The van der Waals surface area contributed by atoms with Crippen LogP contribution in [0.4, 0.5) is 4.79 Å². The van der Waals surface area contributed by atoms with Crippen molar-refractivity contribution in [1.29, 1.82) is 0 Å². The van der Waals surface area contributed by atoms with Gasteiger partial charge in [-0.3, -0.25) is 0 Å². The zero-order valence-corrected chi connectivity index (χ0v) is 18.7. The number of nitrogens with two attached hydrogens (primary N) is 1. The average Bonchev–Trinajstić information content (AvgIpc) is 3.02. The highest BCUT2D eigenvalue weighted by Crippen LogP contribution is 2.27. The Labute approximate surface area is 191 Å². The van der Waals surface area contributed by atoms with Crippen molar-refractivity contribution in [1.82, 2.24) is 10.0 Å². The molecule has 1 heterocycles. The number of nitrogens with zero attached hydrogens (tertiary/aromatic N) is 1. The Morgan fingerprint density at radius 3 is 2.42 bits per heavy atom. The Hall–Kier alpha value is -3.73. The Kier molecular flexibility index (Phi) is 8.69. The van der Waals surface area contributed by atoms with Gasteiger partial charge in [0.05, 0.1) is 0 Å². The standard InChI is InChI=1S/C22H29N3O8/c1-22(2,3)32-21(30)24-16(10-7-11-23)20(29)33-25-17(26)12-15(18(25)27)19(28)31-13-14-8-5-4-6-9-14/h4-6,8-9,12,16,26-27H,7,10-11,13,23H2,1-3H3,(H,24,30)/t16-/m0/s1. The normalized spacial score (nSPS) is 12.0. The van der Waals surface area contributed by atoms with E-state index in [-0.39, 0.29) is 19.6 Å². The second-order valence-corrected chi connectivity index (χ2v) is 8.14. The molecule has 0 aliphatic rings. The molecule has 33 heavy (non-hydrogen) atoms. The molecule has 0 radical (unpaired) electrons. The summed E-state index contributed by atoms with van der Waals surface area (Å²) < 4.78 is 10.6. The highest BCUT2D eigenvalue weighted by molar-refractivity contribution is 5.92. The molecule has 0 aliphatic carbocycles. The molecule has 0 unspecified atom stereocenters. The molecule has 0 aliphatic heterocycles. The lowest BCUT2D eigenvalue weighted by Crippen LogP contribution is -2.46. The van der Waals surface area contributed by atoms with Crippen LogP contribution in [-0.2, 0) is 20.9 Å². The lowest BCUT2D eigenvalue weighted by atomic mass is 10.1. The number of nitrogens with one attached hydrogen (secondary N) is 1. The molecule has 0 saturated carbocycles. The summed E-state index contributed by atoms with van der Waals surface area (Å²) in [5.74, 6) is -3.51. The first kappa shape index (κ1) is 25.5. The number of aromatic hydroxyl groups is 2. The van der Waals surface area contributed by atoms with Crippen LogP contribution in [0.25, 0.3) is 0 Å². The summed E-state index contributed by atoms with van der Waals surface area (Å²) >= 11 is 0. The molecule has 0 spiro atoms. The smallest absolute Gasteiger partial charge is 0.408 e. The molecule has 180 valence electrons. The van der Waals surface area contributed by atoms with Gasteiger partial charge in [-0.25, -0.2) is 14.4 Å². The zero-order valence-electron chi connectivity index (χ0n) is 18.7. The predicted octanol–water partition coefficient (Wildman–Crippen LogP) is 1.84. The number of ether oxygens (including phenoxy) is 2. The maximum absolute atomic E-state index is 12.6. The van der Waals surface area contributed by atoms with Crippen LogP contribution < -0.4 is 15.9 Å². The van der Waals surface area contributed by atoms with Gasteiger partial charge in [0.15, 0.2) is 0 Å². The minimum Gasteiger partial charge on any atom is -0.492 e. The Bertz CT molecular complexity index is 966. The van der Waals surface area contributed by atoms with Crippen LogP contribution in [0.3, 0.4) is 0 Å². The van der Waals surface area contributed by atoms with Gasteiger partial charge in [0.1, 0.15) is 23.8 Å². The average molecular weight is 463 g/mol. The fourth-order valence-corrected chi connectivity index (χ4v) is 2.69. The summed E-state index contributed by atoms with van der Waals surface area (Å²) in [5.41, 5.74) is 5.00. The molecular formula is C22H29N3O8. The third-order valence-corrected chi connectivity index (χ3v) is 4.20. The first-order chi connectivity index (χ1) is 15.5. The van der Waals surface area contributed by atoms with E-state index in [9.17, 15) is 24.6 Å². The number of benzene rings is 1. The predicted molar refractivity (Wildman–Crippen MR) is 116 cm³/mol. The van der Waals surface area contributed by atoms with E-state index in [0.29, 0.717) is 11.2 Å². The van der Waals surface area contributed by atoms with E-state index < -0.39 is 47.0 Å². The fraction of sp³-hybridized carbons (Fsp3) is 0.409. The Morgan fingerprint density at radius 1 is 1.15 bits per heavy atom. The third-order valence-electron chi connectivity index (χ3n) is 4.20. The molecule has 0 bridgehead atoms. The number of carbonyl (C=O) groups excluding carboxylic acids is 3. The van der Waals surface area contributed by atoms with Crippen molar-refractivity contribution in [3.63, 3.8) is 0 Å². The SMILES string of the molecule is CC(C)(C)OC(=O)N[C@@H](CCCN)C(=O)On1c(O)cc(C(=O)OCc2ccccc2)c1O. The highest BCUT2D eigenvalue weighted by Gasteiger charge is 2.29. The molecule has 1 aromatic heterocycles. The molecule has 5 N–H and O–H groups in total. The van der Waals surface area contributed by atoms with Crippen molar-refractivity contribution in [3.8, 4) is 11.8 Å². The van der Waals surface area contributed by atoms with Crippen LogP contribution >= 0.6 is 0 Å². The van der Waals surface area contributed by atoms with Gasteiger partial charge < -0.3 is 35.6 Å². The van der Waals surface area contributed by atoms with E-state index in [2.05, 4.69) is 5.32 Å². The summed E-state index contributed by atoms with van der Waals surface area (Å²) in [4.78, 5) is 42.0. The molecule has 11 heteroatoms. The number of rotatable bonds is 9. The summed E-state index contributed by atoms with van der Waals surface area (Å²) in [5, 5.41) is 22.8. The van der Waals surface area contributed by atoms with Crippen LogP contribution in [0.1, 0.15) is 49.5 Å². The molecule has 0 saturated heterocycles. The summed E-state index contributed by atoms with van der Waals surface area (Å²) in [7, 11) is 0. The molecule has 2 aromatic rings. The summed E-state index contributed by atoms with van der Waals surface area (Å²) in [6, 6.07) is 8.56. The molecule has 1 aromatic carbocycles. The molecule has 11 nitrogen and oxygen atoms in total. The number of hydrogen-bond acceptors (Lipinski definition) is 9. The van der Waals surface area contributed by atoms with Crippen molar-refractivity contribution in [2.24, 2.45) is 5.73 Å². The third kappa shape index (κ3) is 7.72. The number of amides is 1. The quantitative estimate of drug-likeness (QED) is 0.406. The van der Waals surface area contributed by atoms with E-state index in [4.69, 9.17) is 20.0 Å². The fourth-order valence-electron chi connectivity index (χ4n) is 2.69. The second-order valence-electron chi connectivity index (χ2n) is 8.14.